The number of ketones is 1. The van der Waals surface area contributed by atoms with Gasteiger partial charge in [0, 0.05) is 24.3 Å². The molecule has 7 heteroatoms. The zero-order chi connectivity index (χ0) is 20.7. The molecular weight excluding hydrogens is 376 g/mol. The summed E-state index contributed by atoms with van der Waals surface area (Å²) in [7, 11) is 0. The summed E-state index contributed by atoms with van der Waals surface area (Å²) in [4.78, 5) is 22.6. The number of hydrogen-bond acceptors (Lipinski definition) is 2. The minimum atomic E-state index is -4.54. The second-order valence-corrected chi connectivity index (χ2v) is 7.22. The normalized spacial score (nSPS) is 20.2. The maximum Gasteiger partial charge on any atom is 0.416 e. The summed E-state index contributed by atoms with van der Waals surface area (Å²) in [6.45, 7) is 0. The number of allylic oxidation sites excluding steroid dienone is 1. The number of unbranched alkanes of at least 4 members (excludes halogenated alkanes) is 3. The first-order valence-corrected chi connectivity index (χ1v) is 9.48. The Morgan fingerprint density at radius 1 is 1.18 bits per heavy atom. The molecule has 0 radical (unpaired) electrons. The van der Waals surface area contributed by atoms with E-state index in [1.54, 1.807) is 6.08 Å². The van der Waals surface area contributed by atoms with Crippen LogP contribution in [-0.2, 0) is 15.8 Å². The molecule has 1 aliphatic carbocycles. The molecule has 1 saturated carbocycles. The third-order valence-corrected chi connectivity index (χ3v) is 5.16. The van der Waals surface area contributed by atoms with Gasteiger partial charge in [0.25, 0.3) is 0 Å². The number of alkyl halides is 3. The fourth-order valence-electron chi connectivity index (χ4n) is 3.61. The molecular formula is C21H24F4O3. The molecule has 1 fully saturated rings. The molecule has 1 aliphatic rings. The van der Waals surface area contributed by atoms with Crippen LogP contribution in [0.15, 0.2) is 24.3 Å². The monoisotopic (exact) mass is 400 g/mol. The van der Waals surface area contributed by atoms with Crippen LogP contribution in [0.5, 0.6) is 0 Å². The number of hydrogen-bond donors (Lipinski definition) is 1. The molecule has 0 unspecified atom stereocenters. The highest BCUT2D eigenvalue weighted by atomic mass is 19.4. The number of halogens is 4. The predicted octanol–water partition coefficient (Wildman–Crippen LogP) is 5.88. The Labute approximate surface area is 161 Å². The van der Waals surface area contributed by atoms with Gasteiger partial charge in [0.2, 0.25) is 0 Å². The molecule has 1 aromatic carbocycles. The van der Waals surface area contributed by atoms with Crippen LogP contribution < -0.4 is 0 Å². The van der Waals surface area contributed by atoms with E-state index in [1.807, 2.05) is 0 Å². The molecule has 3 nitrogen and oxygen atoms in total. The highest BCUT2D eigenvalue weighted by molar-refractivity contribution is 5.84. The van der Waals surface area contributed by atoms with Crippen molar-refractivity contribution < 1.29 is 32.3 Å². The van der Waals surface area contributed by atoms with Gasteiger partial charge in [0.1, 0.15) is 11.6 Å². The van der Waals surface area contributed by atoms with Crippen molar-refractivity contribution in [2.24, 2.45) is 11.8 Å². The molecule has 28 heavy (non-hydrogen) atoms. The topological polar surface area (TPSA) is 54.4 Å². The van der Waals surface area contributed by atoms with Gasteiger partial charge in [-0.25, -0.2) is 4.39 Å². The molecule has 0 saturated heterocycles. The summed E-state index contributed by atoms with van der Waals surface area (Å²) in [5.41, 5.74) is -1.05. The molecule has 154 valence electrons. The lowest BCUT2D eigenvalue weighted by molar-refractivity contribution is -0.138. The minimum Gasteiger partial charge on any atom is -0.481 e. The van der Waals surface area contributed by atoms with Crippen molar-refractivity contribution in [3.8, 4) is 0 Å². The van der Waals surface area contributed by atoms with Gasteiger partial charge in [-0.1, -0.05) is 31.4 Å². The Morgan fingerprint density at radius 2 is 1.89 bits per heavy atom. The van der Waals surface area contributed by atoms with Gasteiger partial charge in [-0.15, -0.1) is 0 Å². The van der Waals surface area contributed by atoms with E-state index in [4.69, 9.17) is 5.11 Å². The van der Waals surface area contributed by atoms with Crippen LogP contribution in [0.25, 0.3) is 6.08 Å². The van der Waals surface area contributed by atoms with E-state index < -0.39 is 23.5 Å². The Hall–Kier alpha value is -2.18. The highest BCUT2D eigenvalue weighted by Gasteiger charge is 2.33. The SMILES string of the molecule is O=C(O)CCCCCC[C@@H]1C(=O)CC[C@H]1C=Cc1cc(C(F)(F)F)ccc1F. The van der Waals surface area contributed by atoms with E-state index in [9.17, 15) is 27.2 Å². The number of carbonyl (C=O) groups is 2. The standard InChI is InChI=1S/C21H24F4O3/c22-18-11-10-16(21(23,24)25)13-15(18)8-7-14-9-12-19(26)17(14)5-3-1-2-4-6-20(27)28/h7-8,10-11,13-14,17H,1-6,9,12H2,(H,27,28)/t14-,17+/m1/s1. The van der Waals surface area contributed by atoms with Crippen LogP contribution in [-0.4, -0.2) is 16.9 Å². The minimum absolute atomic E-state index is 0.111. The van der Waals surface area contributed by atoms with E-state index in [0.717, 1.165) is 31.4 Å². The number of carboxylic acid groups (broad SMARTS) is 1. The molecule has 0 heterocycles. The maximum absolute atomic E-state index is 13.9. The van der Waals surface area contributed by atoms with Crippen molar-refractivity contribution in [1.82, 2.24) is 0 Å². The summed E-state index contributed by atoms with van der Waals surface area (Å²) >= 11 is 0. The van der Waals surface area contributed by atoms with E-state index in [1.165, 1.54) is 6.08 Å². The van der Waals surface area contributed by atoms with Crippen molar-refractivity contribution in [3.05, 3.63) is 41.2 Å². The number of carboxylic acids is 1. The molecule has 0 amide bonds. The molecule has 0 bridgehead atoms. The fraction of sp³-hybridized carbons (Fsp3) is 0.524. The lowest BCUT2D eigenvalue weighted by Gasteiger charge is -2.15. The zero-order valence-corrected chi connectivity index (χ0v) is 15.5. The lowest BCUT2D eigenvalue weighted by Crippen LogP contribution is -2.13. The molecule has 2 atom stereocenters. The molecule has 0 spiro atoms. The summed E-state index contributed by atoms with van der Waals surface area (Å²) in [6, 6.07) is 2.29. The van der Waals surface area contributed by atoms with Gasteiger partial charge in [-0.2, -0.15) is 13.2 Å². The Kier molecular flexibility index (Phi) is 7.78. The third-order valence-electron chi connectivity index (χ3n) is 5.16. The Morgan fingerprint density at radius 3 is 2.57 bits per heavy atom. The average Bonchev–Trinajstić information content (AvgIpc) is 2.96. The van der Waals surface area contributed by atoms with Crippen LogP contribution in [0.1, 0.15) is 62.5 Å². The lowest BCUT2D eigenvalue weighted by atomic mass is 9.89. The van der Waals surface area contributed by atoms with Crippen LogP contribution in [0, 0.1) is 17.7 Å². The first-order chi connectivity index (χ1) is 13.2. The van der Waals surface area contributed by atoms with E-state index in [-0.39, 0.29) is 29.6 Å². The summed E-state index contributed by atoms with van der Waals surface area (Å²) in [5.74, 6) is -1.74. The van der Waals surface area contributed by atoms with E-state index in [0.29, 0.717) is 31.7 Å². The molecule has 1 N–H and O–H groups in total. The number of carbonyl (C=O) groups excluding carboxylic acids is 1. The van der Waals surface area contributed by atoms with Gasteiger partial charge in [-0.05, 0) is 43.4 Å². The van der Waals surface area contributed by atoms with Crippen LogP contribution in [0.3, 0.4) is 0 Å². The first-order valence-electron chi connectivity index (χ1n) is 9.48. The largest absolute Gasteiger partial charge is 0.481 e. The van der Waals surface area contributed by atoms with Crippen molar-refractivity contribution in [3.63, 3.8) is 0 Å². The van der Waals surface area contributed by atoms with Crippen molar-refractivity contribution in [1.29, 1.82) is 0 Å². The van der Waals surface area contributed by atoms with E-state index in [2.05, 4.69) is 0 Å². The number of rotatable bonds is 9. The predicted molar refractivity (Wildman–Crippen MR) is 97.0 cm³/mol. The van der Waals surface area contributed by atoms with Gasteiger partial charge >= 0.3 is 12.1 Å². The molecule has 2 rings (SSSR count). The van der Waals surface area contributed by atoms with Gasteiger partial charge in [0.15, 0.2) is 0 Å². The van der Waals surface area contributed by atoms with Crippen molar-refractivity contribution in [2.45, 2.75) is 57.5 Å². The molecule has 0 aliphatic heterocycles. The van der Waals surface area contributed by atoms with Crippen LogP contribution in [0.4, 0.5) is 17.6 Å². The molecule has 1 aromatic rings. The quantitative estimate of drug-likeness (QED) is 0.416. The third kappa shape index (κ3) is 6.46. The maximum atomic E-state index is 13.9. The average molecular weight is 400 g/mol. The number of benzene rings is 1. The number of aliphatic carboxylic acids is 1. The second-order valence-electron chi connectivity index (χ2n) is 7.22. The van der Waals surface area contributed by atoms with Crippen LogP contribution >= 0.6 is 0 Å². The smallest absolute Gasteiger partial charge is 0.416 e. The van der Waals surface area contributed by atoms with Crippen molar-refractivity contribution in [2.75, 3.05) is 0 Å². The summed E-state index contributed by atoms with van der Waals surface area (Å²) in [6.07, 6.45) is 3.28. The molecule has 0 aromatic heterocycles. The first kappa shape index (κ1) is 22.1. The Balaban J connectivity index is 1.94. The summed E-state index contributed by atoms with van der Waals surface area (Å²) < 4.78 is 52.3. The van der Waals surface area contributed by atoms with Gasteiger partial charge in [-0.3, -0.25) is 9.59 Å². The Bertz CT molecular complexity index is 725. The van der Waals surface area contributed by atoms with Gasteiger partial charge in [0.05, 0.1) is 5.56 Å². The summed E-state index contributed by atoms with van der Waals surface area (Å²) in [5, 5.41) is 8.60. The van der Waals surface area contributed by atoms with E-state index >= 15 is 0 Å². The van der Waals surface area contributed by atoms with Gasteiger partial charge < -0.3 is 5.11 Å². The van der Waals surface area contributed by atoms with Crippen molar-refractivity contribution >= 4 is 17.8 Å². The number of Topliss-reactive ketones (excluding diaryl/α,β-unsaturated/α-hetero) is 1. The highest BCUT2D eigenvalue weighted by Crippen LogP contribution is 2.35. The van der Waals surface area contributed by atoms with Crippen LogP contribution in [0.2, 0.25) is 0 Å². The second kappa shape index (κ2) is 9.85. The zero-order valence-electron chi connectivity index (χ0n) is 15.5. The fourth-order valence-corrected chi connectivity index (χ4v) is 3.61.